The van der Waals surface area contributed by atoms with Gasteiger partial charge in [-0.2, -0.15) is 9.78 Å². The third-order valence-electron chi connectivity index (χ3n) is 6.32. The zero-order valence-electron chi connectivity index (χ0n) is 22.8. The largest absolute Gasteiger partial charge is 0.493 e. The van der Waals surface area contributed by atoms with Crippen LogP contribution in [0.15, 0.2) is 114 Å². The minimum absolute atomic E-state index is 0.241. The number of rotatable bonds is 10. The van der Waals surface area contributed by atoms with Crippen molar-refractivity contribution in [1.29, 1.82) is 0 Å². The van der Waals surface area contributed by atoms with Crippen LogP contribution >= 0.6 is 11.6 Å². The molecule has 5 rings (SSSR count). The number of fused-ring (bicyclic) bond motifs is 1. The second-order valence-corrected chi connectivity index (χ2v) is 9.66. The Hall–Kier alpha value is -5.21. The number of carbonyl (C=O) groups excluding carboxylic acids is 1. The second-order valence-electron chi connectivity index (χ2n) is 9.23. The molecule has 0 unspecified atom stereocenters. The van der Waals surface area contributed by atoms with Gasteiger partial charge in [0.25, 0.3) is 11.5 Å². The molecular weight excluding hydrogens is 552 g/mol. The van der Waals surface area contributed by atoms with E-state index in [9.17, 15) is 9.59 Å². The van der Waals surface area contributed by atoms with Crippen LogP contribution in [0.3, 0.4) is 0 Å². The molecule has 0 saturated heterocycles. The van der Waals surface area contributed by atoms with Gasteiger partial charge in [0.1, 0.15) is 0 Å². The summed E-state index contributed by atoms with van der Waals surface area (Å²) in [6.45, 7) is 3.61. The zero-order valence-corrected chi connectivity index (χ0v) is 23.5. The molecule has 42 heavy (non-hydrogen) atoms. The van der Waals surface area contributed by atoms with E-state index >= 15 is 0 Å². The first-order chi connectivity index (χ1) is 20.5. The number of methoxy groups -OCH3 is 1. The number of nitrogens with zero attached hydrogens (tertiary/aromatic N) is 3. The first-order valence-electron chi connectivity index (χ1n) is 13.1. The lowest BCUT2D eigenvalue weighted by Crippen LogP contribution is -2.21. The van der Waals surface area contributed by atoms with E-state index in [4.69, 9.17) is 26.1 Å². The second kappa shape index (κ2) is 13.0. The fourth-order valence-electron chi connectivity index (χ4n) is 4.38. The van der Waals surface area contributed by atoms with E-state index in [1.54, 1.807) is 60.8 Å². The molecule has 1 heterocycles. The molecule has 0 fully saturated rings. The van der Waals surface area contributed by atoms with E-state index in [2.05, 4.69) is 17.0 Å². The number of anilines is 1. The van der Waals surface area contributed by atoms with Gasteiger partial charge in [-0.15, -0.1) is 6.58 Å². The summed E-state index contributed by atoms with van der Waals surface area (Å²) in [6, 6.07) is 26.9. The monoisotopic (exact) mass is 578 g/mol. The van der Waals surface area contributed by atoms with Crippen molar-refractivity contribution in [1.82, 2.24) is 9.66 Å². The molecule has 0 saturated carbocycles. The quantitative estimate of drug-likeness (QED) is 0.154. The molecule has 1 aromatic heterocycles. The average molecular weight is 579 g/mol. The van der Waals surface area contributed by atoms with Crippen molar-refractivity contribution in [3.63, 3.8) is 0 Å². The van der Waals surface area contributed by atoms with E-state index in [-0.39, 0.29) is 18.1 Å². The molecule has 5 aromatic rings. The fraction of sp³-hybridized carbons (Fsp3) is 0.0909. The molecule has 0 radical (unpaired) electrons. The molecule has 0 aliphatic heterocycles. The highest BCUT2D eigenvalue weighted by molar-refractivity contribution is 6.30. The van der Waals surface area contributed by atoms with E-state index in [0.717, 1.165) is 11.1 Å². The summed E-state index contributed by atoms with van der Waals surface area (Å²) in [5, 5.41) is 8.36. The van der Waals surface area contributed by atoms with Gasteiger partial charge >= 0.3 is 0 Å². The van der Waals surface area contributed by atoms with Crippen molar-refractivity contribution in [2.45, 2.75) is 6.42 Å². The van der Waals surface area contributed by atoms with Gasteiger partial charge in [-0.3, -0.25) is 9.59 Å². The van der Waals surface area contributed by atoms with Crippen LogP contribution < -0.4 is 20.3 Å². The predicted molar refractivity (Wildman–Crippen MR) is 167 cm³/mol. The molecule has 0 atom stereocenters. The van der Waals surface area contributed by atoms with Crippen LogP contribution in [-0.2, 0) is 11.2 Å². The van der Waals surface area contributed by atoms with Crippen LogP contribution in [-0.4, -0.2) is 35.5 Å². The highest BCUT2D eigenvalue weighted by Gasteiger charge is 2.16. The summed E-state index contributed by atoms with van der Waals surface area (Å²) in [5.74, 6) is 0.893. The minimum Gasteiger partial charge on any atom is -0.493 e. The normalized spacial score (nSPS) is 11.0. The van der Waals surface area contributed by atoms with Crippen LogP contribution in [0.4, 0.5) is 5.69 Å². The van der Waals surface area contributed by atoms with Crippen molar-refractivity contribution in [2.24, 2.45) is 5.10 Å². The molecule has 210 valence electrons. The lowest BCUT2D eigenvalue weighted by atomic mass is 10.1. The standard InChI is InChI=1S/C33H27ClN4O4/c1-3-9-24-18-22(19-29(41-2)31(24)42-21-30(39)36-26-16-14-25(34)15-17-26)20-35-38-32(23-10-5-4-6-11-23)37-28-13-8-7-12-27(28)33(38)40/h3-8,10-20H,1,9,21H2,2H3,(H,36,39). The van der Waals surface area contributed by atoms with Crippen molar-refractivity contribution < 1.29 is 14.3 Å². The number of halogens is 1. The number of ether oxygens (including phenoxy) is 2. The summed E-state index contributed by atoms with van der Waals surface area (Å²) < 4.78 is 12.8. The van der Waals surface area contributed by atoms with Gasteiger partial charge in [-0.05, 0) is 60.5 Å². The SMILES string of the molecule is C=CCc1cc(C=Nn2c(-c3ccccc3)nc3ccccc3c2=O)cc(OC)c1OCC(=O)Nc1ccc(Cl)cc1. The third-order valence-corrected chi connectivity index (χ3v) is 6.57. The first-order valence-corrected chi connectivity index (χ1v) is 13.5. The number of nitrogens with one attached hydrogen (secondary N) is 1. The Balaban J connectivity index is 1.47. The highest BCUT2D eigenvalue weighted by Crippen LogP contribution is 2.33. The van der Waals surface area contributed by atoms with E-state index in [1.165, 1.54) is 11.8 Å². The molecule has 0 aliphatic rings. The smallest absolute Gasteiger partial charge is 0.282 e. The molecule has 0 bridgehead atoms. The van der Waals surface area contributed by atoms with Gasteiger partial charge in [0.05, 0.1) is 24.2 Å². The summed E-state index contributed by atoms with van der Waals surface area (Å²) >= 11 is 5.92. The summed E-state index contributed by atoms with van der Waals surface area (Å²) in [7, 11) is 1.51. The van der Waals surface area contributed by atoms with Gasteiger partial charge in [-0.1, -0.05) is 60.1 Å². The molecule has 4 aromatic carbocycles. The van der Waals surface area contributed by atoms with Crippen LogP contribution in [0.25, 0.3) is 22.3 Å². The Kier molecular flexibility index (Phi) is 8.75. The van der Waals surface area contributed by atoms with Gasteiger partial charge in [-0.25, -0.2) is 4.98 Å². The molecule has 9 heteroatoms. The Morgan fingerprint density at radius 3 is 2.52 bits per heavy atom. The number of para-hydroxylation sites is 1. The summed E-state index contributed by atoms with van der Waals surface area (Å²) in [5.41, 5.74) is 3.04. The van der Waals surface area contributed by atoms with Gasteiger partial charge in [0.2, 0.25) is 0 Å². The zero-order chi connectivity index (χ0) is 29.5. The number of amides is 1. The fourth-order valence-corrected chi connectivity index (χ4v) is 4.50. The van der Waals surface area contributed by atoms with Gasteiger partial charge in [0.15, 0.2) is 23.9 Å². The maximum atomic E-state index is 13.5. The van der Waals surface area contributed by atoms with Crippen molar-refractivity contribution in [2.75, 3.05) is 19.0 Å². The van der Waals surface area contributed by atoms with Crippen LogP contribution in [0.2, 0.25) is 5.02 Å². The highest BCUT2D eigenvalue weighted by atomic mass is 35.5. The Bertz CT molecular complexity index is 1830. The first kappa shape index (κ1) is 28.3. The Morgan fingerprint density at radius 1 is 1.05 bits per heavy atom. The summed E-state index contributed by atoms with van der Waals surface area (Å²) in [6.07, 6.45) is 3.73. The maximum absolute atomic E-state index is 13.5. The molecule has 1 amide bonds. The molecular formula is C33H27ClN4O4. The van der Waals surface area contributed by atoms with Crippen molar-refractivity contribution in [3.05, 3.63) is 130 Å². The molecule has 1 N–H and O–H groups in total. The number of benzene rings is 4. The molecule has 0 spiro atoms. The molecule has 0 aliphatic carbocycles. The van der Waals surface area contributed by atoms with E-state index in [0.29, 0.717) is 50.9 Å². The topological polar surface area (TPSA) is 94.8 Å². The minimum atomic E-state index is -0.341. The number of hydrogen-bond acceptors (Lipinski definition) is 6. The number of hydrogen-bond donors (Lipinski definition) is 1. The number of allylic oxidation sites excluding steroid dienone is 1. The Morgan fingerprint density at radius 2 is 1.79 bits per heavy atom. The molecule has 8 nitrogen and oxygen atoms in total. The average Bonchev–Trinajstić information content (AvgIpc) is 3.01. The van der Waals surface area contributed by atoms with Crippen LogP contribution in [0.5, 0.6) is 11.5 Å². The maximum Gasteiger partial charge on any atom is 0.282 e. The Labute approximate surface area is 247 Å². The number of aromatic nitrogens is 2. The van der Waals surface area contributed by atoms with Crippen molar-refractivity contribution in [3.8, 4) is 22.9 Å². The van der Waals surface area contributed by atoms with Crippen LogP contribution in [0, 0.1) is 0 Å². The predicted octanol–water partition coefficient (Wildman–Crippen LogP) is 6.35. The van der Waals surface area contributed by atoms with Gasteiger partial charge in [0, 0.05) is 21.8 Å². The van der Waals surface area contributed by atoms with E-state index < -0.39 is 0 Å². The number of carbonyl (C=O) groups is 1. The summed E-state index contributed by atoms with van der Waals surface area (Å²) in [4.78, 5) is 30.8. The van der Waals surface area contributed by atoms with E-state index in [1.807, 2.05) is 42.5 Å². The van der Waals surface area contributed by atoms with Crippen LogP contribution in [0.1, 0.15) is 11.1 Å². The third kappa shape index (κ3) is 6.40. The lowest BCUT2D eigenvalue weighted by Gasteiger charge is -2.16. The van der Waals surface area contributed by atoms with Crippen molar-refractivity contribution >= 4 is 40.3 Å². The lowest BCUT2D eigenvalue weighted by molar-refractivity contribution is -0.118. The van der Waals surface area contributed by atoms with Gasteiger partial charge < -0.3 is 14.8 Å².